The number of nitrogens with one attached hydrogen (secondary N) is 1. The number of para-hydroxylation sites is 2. The van der Waals surface area contributed by atoms with Crippen LogP contribution in [0.25, 0.3) is 11.0 Å². The number of fused-ring (bicyclic) bond motifs is 1. The van der Waals surface area contributed by atoms with Crippen LogP contribution in [0.5, 0.6) is 0 Å². The molecule has 1 aromatic heterocycles. The van der Waals surface area contributed by atoms with Gasteiger partial charge in [0.25, 0.3) is 0 Å². The number of hydrogen-bond donors (Lipinski definition) is 1. The Kier molecular flexibility index (Phi) is 3.99. The molecular formula is C16H20N4O. The molecule has 1 amide bonds. The van der Waals surface area contributed by atoms with Crippen LogP contribution < -0.4 is 5.32 Å². The van der Waals surface area contributed by atoms with E-state index < -0.39 is 0 Å². The molecule has 0 spiro atoms. The van der Waals surface area contributed by atoms with Gasteiger partial charge in [-0.15, -0.1) is 0 Å². The predicted octanol–water partition coefficient (Wildman–Crippen LogP) is 2.30. The van der Waals surface area contributed by atoms with Gasteiger partial charge in [0.1, 0.15) is 5.82 Å². The normalized spacial score (nSPS) is 16.4. The van der Waals surface area contributed by atoms with Gasteiger partial charge in [0.15, 0.2) is 0 Å². The summed E-state index contributed by atoms with van der Waals surface area (Å²) in [5.74, 6) is 1.46. The molecule has 1 aromatic carbocycles. The number of anilines is 1. The van der Waals surface area contributed by atoms with Crippen molar-refractivity contribution in [3.63, 3.8) is 0 Å². The fourth-order valence-corrected chi connectivity index (χ4v) is 2.66. The SMILES string of the molecule is C[C@@H](CNc1cnc2ccccc2n1)CN1CCCC1=O. The Morgan fingerprint density at radius 1 is 1.33 bits per heavy atom. The van der Waals surface area contributed by atoms with Crippen molar-refractivity contribution in [2.45, 2.75) is 19.8 Å². The van der Waals surface area contributed by atoms with E-state index in [9.17, 15) is 4.79 Å². The Hall–Kier alpha value is -2.17. The molecule has 2 aromatic rings. The largest absolute Gasteiger partial charge is 0.368 e. The Morgan fingerprint density at radius 2 is 2.14 bits per heavy atom. The van der Waals surface area contributed by atoms with Gasteiger partial charge < -0.3 is 10.2 Å². The first kappa shape index (κ1) is 13.8. The van der Waals surface area contributed by atoms with E-state index in [0.717, 1.165) is 42.9 Å². The summed E-state index contributed by atoms with van der Waals surface area (Å²) in [6, 6.07) is 7.83. The minimum absolute atomic E-state index is 0.285. The maximum atomic E-state index is 11.6. The fraction of sp³-hybridized carbons (Fsp3) is 0.438. The molecule has 5 heteroatoms. The van der Waals surface area contributed by atoms with E-state index in [1.54, 1.807) is 6.20 Å². The average molecular weight is 284 g/mol. The Labute approximate surface area is 124 Å². The van der Waals surface area contributed by atoms with E-state index in [0.29, 0.717) is 12.3 Å². The first-order valence-electron chi connectivity index (χ1n) is 7.46. The molecule has 1 aliphatic heterocycles. The van der Waals surface area contributed by atoms with Crippen LogP contribution in [0.4, 0.5) is 5.82 Å². The van der Waals surface area contributed by atoms with Crippen LogP contribution in [0.2, 0.25) is 0 Å². The number of likely N-dealkylation sites (tertiary alicyclic amines) is 1. The Bertz CT molecular complexity index is 643. The first-order valence-corrected chi connectivity index (χ1v) is 7.46. The third-order valence-corrected chi connectivity index (χ3v) is 3.78. The van der Waals surface area contributed by atoms with Gasteiger partial charge in [0.2, 0.25) is 5.91 Å². The van der Waals surface area contributed by atoms with Crippen LogP contribution in [0.15, 0.2) is 30.5 Å². The molecule has 0 unspecified atom stereocenters. The third-order valence-electron chi connectivity index (χ3n) is 3.78. The molecular weight excluding hydrogens is 264 g/mol. The highest BCUT2D eigenvalue weighted by atomic mass is 16.2. The smallest absolute Gasteiger partial charge is 0.222 e. The van der Waals surface area contributed by atoms with Crippen molar-refractivity contribution in [3.8, 4) is 0 Å². The molecule has 2 heterocycles. The molecule has 0 saturated carbocycles. The van der Waals surface area contributed by atoms with Crippen LogP contribution >= 0.6 is 0 Å². The summed E-state index contributed by atoms with van der Waals surface area (Å²) in [5, 5.41) is 3.31. The number of rotatable bonds is 5. The fourth-order valence-electron chi connectivity index (χ4n) is 2.66. The zero-order valence-corrected chi connectivity index (χ0v) is 12.2. The molecule has 3 rings (SSSR count). The number of hydrogen-bond acceptors (Lipinski definition) is 4. The Balaban J connectivity index is 1.56. The van der Waals surface area contributed by atoms with Gasteiger partial charge in [0.05, 0.1) is 17.2 Å². The second-order valence-electron chi connectivity index (χ2n) is 5.67. The maximum absolute atomic E-state index is 11.6. The highest BCUT2D eigenvalue weighted by Crippen LogP contribution is 2.14. The molecule has 1 atom stereocenters. The van der Waals surface area contributed by atoms with Crippen molar-refractivity contribution in [1.29, 1.82) is 0 Å². The topological polar surface area (TPSA) is 58.1 Å². The lowest BCUT2D eigenvalue weighted by molar-refractivity contribution is -0.128. The maximum Gasteiger partial charge on any atom is 0.222 e. The number of carbonyl (C=O) groups excluding carboxylic acids is 1. The quantitative estimate of drug-likeness (QED) is 0.915. The van der Waals surface area contributed by atoms with E-state index in [2.05, 4.69) is 22.2 Å². The molecule has 21 heavy (non-hydrogen) atoms. The lowest BCUT2D eigenvalue weighted by Gasteiger charge is -2.21. The standard InChI is InChI=1S/C16H20N4O/c1-12(11-20-8-4-7-16(20)21)9-18-15-10-17-13-5-2-3-6-14(13)19-15/h2-3,5-6,10,12H,4,7-9,11H2,1H3,(H,18,19)/t12-/m0/s1. The van der Waals surface area contributed by atoms with Gasteiger partial charge in [-0.3, -0.25) is 9.78 Å². The van der Waals surface area contributed by atoms with Crippen LogP contribution in [-0.4, -0.2) is 40.4 Å². The second kappa shape index (κ2) is 6.08. The minimum atomic E-state index is 0.285. The molecule has 1 aliphatic rings. The molecule has 1 saturated heterocycles. The van der Waals surface area contributed by atoms with Crippen molar-refractivity contribution >= 4 is 22.8 Å². The van der Waals surface area contributed by atoms with Crippen molar-refractivity contribution in [3.05, 3.63) is 30.5 Å². The third kappa shape index (κ3) is 3.29. The van der Waals surface area contributed by atoms with Gasteiger partial charge in [0, 0.05) is 26.1 Å². The first-order chi connectivity index (χ1) is 10.2. The summed E-state index contributed by atoms with van der Waals surface area (Å²) in [5.41, 5.74) is 1.80. The molecule has 1 N–H and O–H groups in total. The summed E-state index contributed by atoms with van der Waals surface area (Å²) in [4.78, 5) is 22.5. The predicted molar refractivity (Wildman–Crippen MR) is 83.0 cm³/mol. The number of nitrogens with zero attached hydrogens (tertiary/aromatic N) is 3. The molecule has 5 nitrogen and oxygen atoms in total. The summed E-state index contributed by atoms with van der Waals surface area (Å²) < 4.78 is 0. The van der Waals surface area contributed by atoms with E-state index in [-0.39, 0.29) is 5.91 Å². The lowest BCUT2D eigenvalue weighted by Crippen LogP contribution is -2.32. The second-order valence-corrected chi connectivity index (χ2v) is 5.67. The van der Waals surface area contributed by atoms with Crippen LogP contribution in [0.3, 0.4) is 0 Å². The molecule has 1 fully saturated rings. The van der Waals surface area contributed by atoms with E-state index >= 15 is 0 Å². The summed E-state index contributed by atoms with van der Waals surface area (Å²) in [7, 11) is 0. The van der Waals surface area contributed by atoms with E-state index in [4.69, 9.17) is 0 Å². The van der Waals surface area contributed by atoms with Crippen LogP contribution in [0.1, 0.15) is 19.8 Å². The number of benzene rings is 1. The number of amides is 1. The average Bonchev–Trinajstić information content (AvgIpc) is 2.90. The van der Waals surface area contributed by atoms with Crippen LogP contribution in [-0.2, 0) is 4.79 Å². The van der Waals surface area contributed by atoms with Gasteiger partial charge in [-0.25, -0.2) is 4.98 Å². The molecule has 0 aliphatic carbocycles. The molecule has 110 valence electrons. The summed E-state index contributed by atoms with van der Waals surface area (Å²) >= 11 is 0. The van der Waals surface area contributed by atoms with Crippen molar-refractivity contribution < 1.29 is 4.79 Å². The van der Waals surface area contributed by atoms with E-state index in [1.807, 2.05) is 29.2 Å². The minimum Gasteiger partial charge on any atom is -0.368 e. The lowest BCUT2D eigenvalue weighted by atomic mass is 10.1. The Morgan fingerprint density at radius 3 is 2.90 bits per heavy atom. The number of carbonyl (C=O) groups is 1. The zero-order chi connectivity index (χ0) is 14.7. The summed E-state index contributed by atoms with van der Waals surface area (Å²) in [6.45, 7) is 4.65. The van der Waals surface area contributed by atoms with Crippen LogP contribution in [0, 0.1) is 5.92 Å². The molecule has 0 radical (unpaired) electrons. The van der Waals surface area contributed by atoms with Crippen molar-refractivity contribution in [2.24, 2.45) is 5.92 Å². The van der Waals surface area contributed by atoms with Gasteiger partial charge in [-0.2, -0.15) is 0 Å². The van der Waals surface area contributed by atoms with Crippen molar-refractivity contribution in [1.82, 2.24) is 14.9 Å². The highest BCUT2D eigenvalue weighted by molar-refractivity contribution is 5.78. The summed E-state index contributed by atoms with van der Waals surface area (Å²) in [6.07, 6.45) is 3.46. The number of aromatic nitrogens is 2. The van der Waals surface area contributed by atoms with Gasteiger partial charge in [-0.1, -0.05) is 19.1 Å². The van der Waals surface area contributed by atoms with E-state index in [1.165, 1.54) is 0 Å². The van der Waals surface area contributed by atoms with Gasteiger partial charge >= 0.3 is 0 Å². The van der Waals surface area contributed by atoms with Crippen molar-refractivity contribution in [2.75, 3.05) is 25.0 Å². The molecule has 0 bridgehead atoms. The monoisotopic (exact) mass is 284 g/mol. The zero-order valence-electron chi connectivity index (χ0n) is 12.2. The van der Waals surface area contributed by atoms with Gasteiger partial charge in [-0.05, 0) is 24.5 Å². The highest BCUT2D eigenvalue weighted by Gasteiger charge is 2.21.